The Bertz CT molecular complexity index is 261. The molecule has 0 aromatic heterocycles. The molecular weight excluding hydrogens is 262 g/mol. The topological polar surface area (TPSA) is 44.4 Å². The lowest BCUT2D eigenvalue weighted by molar-refractivity contribution is -0.125. The third-order valence-electron chi connectivity index (χ3n) is 4.31. The Morgan fingerprint density at radius 3 is 2.47 bits per heavy atom. The van der Waals surface area contributed by atoms with E-state index in [0.29, 0.717) is 0 Å². The molecule has 2 N–H and O–H groups in total. The van der Waals surface area contributed by atoms with E-state index < -0.39 is 0 Å². The van der Waals surface area contributed by atoms with Crippen LogP contribution in [0.25, 0.3) is 0 Å². The first kappa shape index (κ1) is 16.7. The highest BCUT2D eigenvalue weighted by atomic mass is 35.5. The molecule has 5 heteroatoms. The van der Waals surface area contributed by atoms with Gasteiger partial charge in [0.15, 0.2) is 0 Å². The van der Waals surface area contributed by atoms with Crippen molar-refractivity contribution in [1.29, 1.82) is 0 Å². The summed E-state index contributed by atoms with van der Waals surface area (Å²) in [6.07, 6.45) is 4.60. The molecule has 112 valence electrons. The zero-order valence-electron chi connectivity index (χ0n) is 12.0. The van der Waals surface area contributed by atoms with Gasteiger partial charge >= 0.3 is 0 Å². The highest BCUT2D eigenvalue weighted by Gasteiger charge is 2.21. The van der Waals surface area contributed by atoms with Gasteiger partial charge in [0, 0.05) is 19.0 Å². The first-order valence-corrected chi connectivity index (χ1v) is 7.46. The van der Waals surface area contributed by atoms with Gasteiger partial charge in [-0.25, -0.2) is 0 Å². The van der Waals surface area contributed by atoms with Crippen LogP contribution in [0.5, 0.6) is 0 Å². The number of hydrogen-bond acceptors (Lipinski definition) is 3. The number of carbonyl (C=O) groups excluding carboxylic acids is 1. The normalized spacial score (nSPS) is 22.8. The van der Waals surface area contributed by atoms with Gasteiger partial charge in [0.25, 0.3) is 0 Å². The molecule has 2 rings (SSSR count). The number of amides is 1. The molecule has 2 saturated heterocycles. The summed E-state index contributed by atoms with van der Waals surface area (Å²) < 4.78 is 0. The van der Waals surface area contributed by atoms with Crippen molar-refractivity contribution < 1.29 is 4.79 Å². The summed E-state index contributed by atoms with van der Waals surface area (Å²) in [4.78, 5) is 14.4. The molecule has 0 spiro atoms. The quantitative estimate of drug-likeness (QED) is 0.819. The number of halogens is 1. The highest BCUT2D eigenvalue weighted by molar-refractivity contribution is 5.85. The molecule has 1 amide bonds. The summed E-state index contributed by atoms with van der Waals surface area (Å²) in [7, 11) is 0. The Morgan fingerprint density at radius 1 is 1.21 bits per heavy atom. The van der Waals surface area contributed by atoms with Gasteiger partial charge in [-0.15, -0.1) is 12.4 Å². The summed E-state index contributed by atoms with van der Waals surface area (Å²) in [6.45, 7) is 8.54. The molecule has 19 heavy (non-hydrogen) atoms. The van der Waals surface area contributed by atoms with E-state index >= 15 is 0 Å². The van der Waals surface area contributed by atoms with Gasteiger partial charge in [0.2, 0.25) is 5.91 Å². The van der Waals surface area contributed by atoms with Gasteiger partial charge < -0.3 is 15.5 Å². The molecule has 0 aromatic carbocycles. The van der Waals surface area contributed by atoms with Crippen LogP contribution in [0.2, 0.25) is 0 Å². The molecule has 0 atom stereocenters. The van der Waals surface area contributed by atoms with E-state index in [0.717, 1.165) is 44.9 Å². The van der Waals surface area contributed by atoms with Gasteiger partial charge in [-0.2, -0.15) is 0 Å². The lowest BCUT2D eigenvalue weighted by Gasteiger charge is -2.30. The van der Waals surface area contributed by atoms with Crippen molar-refractivity contribution >= 4 is 18.3 Å². The van der Waals surface area contributed by atoms with Crippen LogP contribution < -0.4 is 10.6 Å². The van der Waals surface area contributed by atoms with E-state index in [1.54, 1.807) is 0 Å². The molecule has 4 nitrogen and oxygen atoms in total. The number of nitrogens with zero attached hydrogens (tertiary/aromatic N) is 1. The van der Waals surface area contributed by atoms with Crippen LogP contribution in [0.1, 0.15) is 32.6 Å². The van der Waals surface area contributed by atoms with E-state index in [-0.39, 0.29) is 24.2 Å². The maximum absolute atomic E-state index is 11.9. The summed E-state index contributed by atoms with van der Waals surface area (Å²) in [5, 5.41) is 6.40. The second-order valence-corrected chi connectivity index (χ2v) is 5.84. The van der Waals surface area contributed by atoms with Gasteiger partial charge in [-0.3, -0.25) is 4.79 Å². The Kier molecular flexibility index (Phi) is 7.73. The zero-order chi connectivity index (χ0) is 12.8. The summed E-state index contributed by atoms with van der Waals surface area (Å²) in [5.41, 5.74) is 0. The molecular formula is C14H28ClN3O. The monoisotopic (exact) mass is 289 g/mol. The van der Waals surface area contributed by atoms with Crippen molar-refractivity contribution in [2.45, 2.75) is 32.6 Å². The minimum absolute atomic E-state index is 0. The number of piperidine rings is 2. The third-order valence-corrected chi connectivity index (χ3v) is 4.31. The summed E-state index contributed by atoms with van der Waals surface area (Å²) in [6, 6.07) is 0. The Labute approximate surface area is 123 Å². The fourth-order valence-corrected chi connectivity index (χ4v) is 2.85. The molecule has 2 aliphatic heterocycles. The lowest BCUT2D eigenvalue weighted by Crippen LogP contribution is -2.42. The maximum Gasteiger partial charge on any atom is 0.223 e. The molecule has 2 heterocycles. The van der Waals surface area contributed by atoms with E-state index in [9.17, 15) is 4.79 Å². The van der Waals surface area contributed by atoms with Gasteiger partial charge in [-0.1, -0.05) is 6.92 Å². The number of carbonyl (C=O) groups is 1. The van der Waals surface area contributed by atoms with Crippen molar-refractivity contribution in [3.05, 3.63) is 0 Å². The zero-order valence-corrected chi connectivity index (χ0v) is 12.8. The number of likely N-dealkylation sites (tertiary alicyclic amines) is 1. The molecule has 0 saturated carbocycles. The molecule has 2 fully saturated rings. The predicted molar refractivity (Wildman–Crippen MR) is 80.7 cm³/mol. The molecule has 0 bridgehead atoms. The van der Waals surface area contributed by atoms with Crippen molar-refractivity contribution in [3.8, 4) is 0 Å². The standard InChI is InChI=1S/C14H27N3O.ClH/c1-12-4-9-17(10-5-12)11-8-16-14(18)13-2-6-15-7-3-13;/h12-13,15H,2-11H2,1H3,(H,16,18);1H. The fourth-order valence-electron chi connectivity index (χ4n) is 2.85. The van der Waals surface area contributed by atoms with E-state index in [2.05, 4.69) is 22.5 Å². The second-order valence-electron chi connectivity index (χ2n) is 5.84. The maximum atomic E-state index is 11.9. The van der Waals surface area contributed by atoms with Crippen LogP contribution in [0.4, 0.5) is 0 Å². The second kappa shape index (κ2) is 8.77. The van der Waals surface area contributed by atoms with Crippen LogP contribution in [0.15, 0.2) is 0 Å². The van der Waals surface area contributed by atoms with Crippen LogP contribution in [-0.4, -0.2) is 50.1 Å². The van der Waals surface area contributed by atoms with E-state index in [1.807, 2.05) is 0 Å². The predicted octanol–water partition coefficient (Wildman–Crippen LogP) is 1.26. The SMILES string of the molecule is CC1CCN(CCNC(=O)C2CCNCC2)CC1.Cl. The molecule has 0 aromatic rings. The van der Waals surface area contributed by atoms with Gasteiger partial charge in [0.1, 0.15) is 0 Å². The number of nitrogens with one attached hydrogen (secondary N) is 2. The number of hydrogen-bond donors (Lipinski definition) is 2. The lowest BCUT2D eigenvalue weighted by atomic mass is 9.97. The van der Waals surface area contributed by atoms with Crippen molar-refractivity contribution in [1.82, 2.24) is 15.5 Å². The highest BCUT2D eigenvalue weighted by Crippen LogP contribution is 2.15. The smallest absolute Gasteiger partial charge is 0.223 e. The number of rotatable bonds is 4. The Morgan fingerprint density at radius 2 is 1.84 bits per heavy atom. The minimum atomic E-state index is 0. The average Bonchev–Trinajstić information content (AvgIpc) is 2.42. The molecule has 0 unspecified atom stereocenters. The Balaban J connectivity index is 0.00000180. The van der Waals surface area contributed by atoms with Crippen molar-refractivity contribution in [2.75, 3.05) is 39.3 Å². The first-order valence-electron chi connectivity index (χ1n) is 7.46. The van der Waals surface area contributed by atoms with Crippen LogP contribution >= 0.6 is 12.4 Å². The van der Waals surface area contributed by atoms with Crippen molar-refractivity contribution in [3.63, 3.8) is 0 Å². The van der Waals surface area contributed by atoms with Crippen LogP contribution in [0.3, 0.4) is 0 Å². The van der Waals surface area contributed by atoms with Crippen molar-refractivity contribution in [2.24, 2.45) is 11.8 Å². The molecule has 0 radical (unpaired) electrons. The summed E-state index contributed by atoms with van der Waals surface area (Å²) in [5.74, 6) is 1.39. The minimum Gasteiger partial charge on any atom is -0.355 e. The van der Waals surface area contributed by atoms with E-state index in [4.69, 9.17) is 0 Å². The molecule has 2 aliphatic rings. The van der Waals surface area contributed by atoms with E-state index in [1.165, 1.54) is 25.9 Å². The first-order chi connectivity index (χ1) is 8.75. The van der Waals surface area contributed by atoms with Gasteiger partial charge in [0.05, 0.1) is 0 Å². The van der Waals surface area contributed by atoms with Crippen LogP contribution in [0, 0.1) is 11.8 Å². The molecule has 0 aliphatic carbocycles. The summed E-state index contributed by atoms with van der Waals surface area (Å²) >= 11 is 0. The fraction of sp³-hybridized carbons (Fsp3) is 0.929. The van der Waals surface area contributed by atoms with Gasteiger partial charge in [-0.05, 0) is 57.8 Å². The average molecular weight is 290 g/mol. The largest absolute Gasteiger partial charge is 0.355 e. The third kappa shape index (κ3) is 5.67. The van der Waals surface area contributed by atoms with Crippen LogP contribution in [-0.2, 0) is 4.79 Å². The Hall–Kier alpha value is -0.320.